The van der Waals surface area contributed by atoms with Gasteiger partial charge in [-0.25, -0.2) is 0 Å². The molecule has 1 saturated heterocycles. The second kappa shape index (κ2) is 6.18. The van der Waals surface area contributed by atoms with Crippen LogP contribution in [-0.4, -0.2) is 17.7 Å². The largest absolute Gasteiger partial charge is 0.388 e. The number of aliphatic hydroxyl groups is 1. The van der Waals surface area contributed by atoms with Crippen molar-refractivity contribution in [3.63, 3.8) is 0 Å². The van der Waals surface area contributed by atoms with E-state index >= 15 is 0 Å². The molecule has 1 aliphatic rings. The van der Waals surface area contributed by atoms with Crippen LogP contribution in [0.1, 0.15) is 44.3 Å². The first-order valence-electron chi connectivity index (χ1n) is 6.75. The molecule has 1 heterocycles. The number of hydrogen-bond acceptors (Lipinski definition) is 2. The molecular formula is C15H23NO. The third kappa shape index (κ3) is 3.30. The summed E-state index contributed by atoms with van der Waals surface area (Å²) in [4.78, 5) is 0. The topological polar surface area (TPSA) is 32.3 Å². The second-order valence-corrected chi connectivity index (χ2v) is 5.12. The highest BCUT2D eigenvalue weighted by Crippen LogP contribution is 2.27. The molecular weight excluding hydrogens is 210 g/mol. The zero-order valence-electron chi connectivity index (χ0n) is 10.6. The van der Waals surface area contributed by atoms with Crippen molar-refractivity contribution in [1.29, 1.82) is 0 Å². The SMILES string of the molecule is CC(C1CCCCCN1)C(O)c1ccccc1. The van der Waals surface area contributed by atoms with E-state index < -0.39 is 0 Å². The van der Waals surface area contributed by atoms with Gasteiger partial charge >= 0.3 is 0 Å². The van der Waals surface area contributed by atoms with E-state index in [0.717, 1.165) is 12.1 Å². The molecule has 3 unspecified atom stereocenters. The molecule has 0 aromatic heterocycles. The van der Waals surface area contributed by atoms with Crippen molar-refractivity contribution in [3.8, 4) is 0 Å². The first kappa shape index (κ1) is 12.6. The predicted molar refractivity (Wildman–Crippen MR) is 70.8 cm³/mol. The van der Waals surface area contributed by atoms with Gasteiger partial charge in [-0.05, 0) is 24.9 Å². The van der Waals surface area contributed by atoms with Crippen LogP contribution in [0.4, 0.5) is 0 Å². The zero-order chi connectivity index (χ0) is 12.1. The van der Waals surface area contributed by atoms with Crippen molar-refractivity contribution in [1.82, 2.24) is 5.32 Å². The maximum atomic E-state index is 10.4. The summed E-state index contributed by atoms with van der Waals surface area (Å²) in [6, 6.07) is 10.4. The third-order valence-corrected chi connectivity index (χ3v) is 3.87. The molecule has 1 fully saturated rings. The summed E-state index contributed by atoms with van der Waals surface area (Å²) < 4.78 is 0. The van der Waals surface area contributed by atoms with E-state index in [1.165, 1.54) is 25.7 Å². The summed E-state index contributed by atoms with van der Waals surface area (Å²) in [6.07, 6.45) is 4.70. The predicted octanol–water partition coefficient (Wildman–Crippen LogP) is 2.89. The molecule has 0 amide bonds. The molecule has 0 radical (unpaired) electrons. The van der Waals surface area contributed by atoms with Gasteiger partial charge in [0.05, 0.1) is 6.10 Å². The highest BCUT2D eigenvalue weighted by Gasteiger charge is 2.25. The number of rotatable bonds is 3. The molecule has 0 spiro atoms. The minimum absolute atomic E-state index is 0.274. The standard InChI is InChI=1S/C15H23NO/c1-12(14-10-6-3-7-11-16-14)15(17)13-8-4-2-5-9-13/h2,4-5,8-9,12,14-17H,3,6-7,10-11H2,1H3. The van der Waals surface area contributed by atoms with Gasteiger partial charge < -0.3 is 10.4 Å². The van der Waals surface area contributed by atoms with Gasteiger partial charge in [0.1, 0.15) is 0 Å². The fourth-order valence-corrected chi connectivity index (χ4v) is 2.68. The van der Waals surface area contributed by atoms with Gasteiger partial charge in [-0.3, -0.25) is 0 Å². The highest BCUT2D eigenvalue weighted by molar-refractivity contribution is 5.18. The van der Waals surface area contributed by atoms with Crippen molar-refractivity contribution in [2.24, 2.45) is 5.92 Å². The average molecular weight is 233 g/mol. The van der Waals surface area contributed by atoms with Gasteiger partial charge in [-0.15, -0.1) is 0 Å². The molecule has 2 rings (SSSR count). The number of hydrogen-bond donors (Lipinski definition) is 2. The van der Waals surface area contributed by atoms with Gasteiger partial charge in [0, 0.05) is 12.0 Å². The maximum absolute atomic E-state index is 10.4. The van der Waals surface area contributed by atoms with Crippen LogP contribution in [0, 0.1) is 5.92 Å². The lowest BCUT2D eigenvalue weighted by atomic mass is 9.88. The van der Waals surface area contributed by atoms with Crippen molar-refractivity contribution < 1.29 is 5.11 Å². The first-order chi connectivity index (χ1) is 8.29. The molecule has 3 atom stereocenters. The van der Waals surface area contributed by atoms with E-state index in [0.29, 0.717) is 6.04 Å². The van der Waals surface area contributed by atoms with Crippen molar-refractivity contribution in [2.45, 2.75) is 44.8 Å². The molecule has 2 N–H and O–H groups in total. The Morgan fingerprint density at radius 1 is 1.18 bits per heavy atom. The zero-order valence-corrected chi connectivity index (χ0v) is 10.6. The monoisotopic (exact) mass is 233 g/mol. The lowest BCUT2D eigenvalue weighted by Crippen LogP contribution is -2.37. The normalized spacial score (nSPS) is 24.9. The van der Waals surface area contributed by atoms with Crippen LogP contribution in [-0.2, 0) is 0 Å². The molecule has 0 bridgehead atoms. The smallest absolute Gasteiger partial charge is 0.0830 e. The fourth-order valence-electron chi connectivity index (χ4n) is 2.68. The fraction of sp³-hybridized carbons (Fsp3) is 0.600. The van der Waals surface area contributed by atoms with E-state index in [9.17, 15) is 5.11 Å². The van der Waals surface area contributed by atoms with Gasteiger partial charge in [-0.1, -0.05) is 50.1 Å². The van der Waals surface area contributed by atoms with Gasteiger partial charge in [0.15, 0.2) is 0 Å². The number of aliphatic hydroxyl groups excluding tert-OH is 1. The molecule has 2 nitrogen and oxygen atoms in total. The Morgan fingerprint density at radius 2 is 1.94 bits per heavy atom. The van der Waals surface area contributed by atoms with Gasteiger partial charge in [0.2, 0.25) is 0 Å². The van der Waals surface area contributed by atoms with Crippen LogP contribution >= 0.6 is 0 Å². The quantitative estimate of drug-likeness (QED) is 0.841. The summed E-state index contributed by atoms with van der Waals surface area (Å²) in [7, 11) is 0. The lowest BCUT2D eigenvalue weighted by molar-refractivity contribution is 0.0927. The van der Waals surface area contributed by atoms with E-state index in [-0.39, 0.29) is 12.0 Å². The first-order valence-corrected chi connectivity index (χ1v) is 6.75. The molecule has 1 aliphatic heterocycles. The second-order valence-electron chi connectivity index (χ2n) is 5.12. The van der Waals surface area contributed by atoms with Gasteiger partial charge in [0.25, 0.3) is 0 Å². The Kier molecular flexibility index (Phi) is 4.57. The van der Waals surface area contributed by atoms with Crippen LogP contribution in [0.5, 0.6) is 0 Å². The van der Waals surface area contributed by atoms with Crippen LogP contribution in [0.2, 0.25) is 0 Å². The summed E-state index contributed by atoms with van der Waals surface area (Å²) in [5, 5.41) is 14.0. The Balaban J connectivity index is 2.00. The summed E-state index contributed by atoms with van der Waals surface area (Å²) in [5.74, 6) is 0.274. The molecule has 0 saturated carbocycles. The summed E-state index contributed by atoms with van der Waals surface area (Å²) in [5.41, 5.74) is 1.03. The van der Waals surface area contributed by atoms with E-state index in [1.54, 1.807) is 0 Å². The third-order valence-electron chi connectivity index (χ3n) is 3.87. The van der Waals surface area contributed by atoms with Crippen LogP contribution in [0.3, 0.4) is 0 Å². The Hall–Kier alpha value is -0.860. The van der Waals surface area contributed by atoms with E-state index in [1.807, 2.05) is 30.3 Å². The molecule has 94 valence electrons. The Labute approximate surface area is 104 Å². The average Bonchev–Trinajstić information content (AvgIpc) is 2.67. The minimum atomic E-state index is -0.355. The summed E-state index contributed by atoms with van der Waals surface area (Å²) >= 11 is 0. The summed E-state index contributed by atoms with van der Waals surface area (Å²) in [6.45, 7) is 3.25. The number of nitrogens with one attached hydrogen (secondary N) is 1. The lowest BCUT2D eigenvalue weighted by Gasteiger charge is -2.28. The van der Waals surface area contributed by atoms with E-state index in [2.05, 4.69) is 12.2 Å². The van der Waals surface area contributed by atoms with Gasteiger partial charge in [-0.2, -0.15) is 0 Å². The van der Waals surface area contributed by atoms with Crippen LogP contribution in [0.15, 0.2) is 30.3 Å². The molecule has 17 heavy (non-hydrogen) atoms. The van der Waals surface area contributed by atoms with E-state index in [4.69, 9.17) is 0 Å². The highest BCUT2D eigenvalue weighted by atomic mass is 16.3. The maximum Gasteiger partial charge on any atom is 0.0830 e. The minimum Gasteiger partial charge on any atom is -0.388 e. The Bertz CT molecular complexity index is 317. The molecule has 1 aromatic rings. The molecule has 2 heteroatoms. The number of benzene rings is 1. The van der Waals surface area contributed by atoms with Crippen molar-refractivity contribution in [3.05, 3.63) is 35.9 Å². The van der Waals surface area contributed by atoms with Crippen LogP contribution in [0.25, 0.3) is 0 Å². The van der Waals surface area contributed by atoms with Crippen molar-refractivity contribution >= 4 is 0 Å². The van der Waals surface area contributed by atoms with Crippen molar-refractivity contribution in [2.75, 3.05) is 6.54 Å². The molecule has 0 aliphatic carbocycles. The Morgan fingerprint density at radius 3 is 2.71 bits per heavy atom. The molecule has 1 aromatic carbocycles. The van der Waals surface area contributed by atoms with Crippen LogP contribution < -0.4 is 5.32 Å².